The number of ether oxygens (including phenoxy) is 2. The first-order chi connectivity index (χ1) is 13.3. The zero-order chi connectivity index (χ0) is 20.6. The van der Waals surface area contributed by atoms with Crippen LogP contribution in [-0.4, -0.2) is 27.1 Å². The quantitative estimate of drug-likeness (QED) is 0.170. The second-order valence-electron chi connectivity index (χ2n) is 7.73. The Bertz CT molecular complexity index is 827. The Hall–Kier alpha value is -2.77. The predicted molar refractivity (Wildman–Crippen MR) is 119 cm³/mol. The number of nitrogen functional groups attached to an aromatic ring is 2. The SMILES string of the molecule is C[Si](C)(C)CCOC/[NH+]=C(/C=C\N)c1ccc(Oc2ccc(N)c(N)c2)cc1. The molecule has 0 unspecified atom stereocenters. The number of anilines is 2. The fourth-order valence-corrected chi connectivity index (χ4v) is 3.14. The monoisotopic (exact) mass is 399 g/mol. The smallest absolute Gasteiger partial charge is 0.246 e. The van der Waals surface area contributed by atoms with E-state index >= 15 is 0 Å². The van der Waals surface area contributed by atoms with Crippen LogP contribution in [0.2, 0.25) is 25.7 Å². The number of hydrogen-bond donors (Lipinski definition) is 4. The van der Waals surface area contributed by atoms with Crippen molar-refractivity contribution in [1.82, 2.24) is 0 Å². The minimum absolute atomic E-state index is 0.438. The van der Waals surface area contributed by atoms with Crippen LogP contribution in [0.4, 0.5) is 11.4 Å². The van der Waals surface area contributed by atoms with E-state index in [1.165, 1.54) is 6.20 Å². The van der Waals surface area contributed by atoms with E-state index in [0.29, 0.717) is 29.6 Å². The lowest BCUT2D eigenvalue weighted by Gasteiger charge is -2.13. The molecule has 6 nitrogen and oxygen atoms in total. The van der Waals surface area contributed by atoms with Gasteiger partial charge in [-0.3, -0.25) is 0 Å². The largest absolute Gasteiger partial charge is 0.457 e. The van der Waals surface area contributed by atoms with Crippen molar-refractivity contribution < 1.29 is 14.5 Å². The number of rotatable bonds is 9. The van der Waals surface area contributed by atoms with Gasteiger partial charge in [0.2, 0.25) is 12.4 Å². The third-order valence-electron chi connectivity index (χ3n) is 4.08. The molecule has 0 saturated carbocycles. The summed E-state index contributed by atoms with van der Waals surface area (Å²) in [4.78, 5) is 3.28. The predicted octanol–water partition coefficient (Wildman–Crippen LogP) is 2.30. The summed E-state index contributed by atoms with van der Waals surface area (Å²) in [5, 5.41) is 0. The highest BCUT2D eigenvalue weighted by Crippen LogP contribution is 2.26. The lowest BCUT2D eigenvalue weighted by molar-refractivity contribution is -0.506. The molecule has 2 aromatic rings. The molecule has 0 aliphatic heterocycles. The van der Waals surface area contributed by atoms with Gasteiger partial charge in [-0.25, -0.2) is 4.99 Å². The van der Waals surface area contributed by atoms with Crippen LogP contribution < -0.4 is 26.9 Å². The molecule has 0 saturated heterocycles. The molecule has 0 bridgehead atoms. The third kappa shape index (κ3) is 7.09. The van der Waals surface area contributed by atoms with E-state index in [2.05, 4.69) is 24.6 Å². The van der Waals surface area contributed by atoms with Crippen LogP contribution in [0.5, 0.6) is 11.5 Å². The fraction of sp³-hybridized carbons (Fsp3) is 0.286. The van der Waals surface area contributed by atoms with E-state index in [1.807, 2.05) is 30.3 Å². The molecule has 7 heteroatoms. The van der Waals surface area contributed by atoms with Crippen molar-refractivity contribution in [3.05, 3.63) is 60.3 Å². The standard InChI is InChI=1S/C21H30N4O2Si/c1-28(2,3)13-12-26-15-25-21(10-11-22)16-4-6-17(7-5-16)27-18-8-9-19(23)20(24)14-18/h4-11,14H,12-13,15,22-24H2,1-3H3/p+1/b11-10-,25-21-. The minimum Gasteiger partial charge on any atom is -0.457 e. The van der Waals surface area contributed by atoms with E-state index < -0.39 is 8.07 Å². The number of nitrogens with two attached hydrogens (primary N) is 3. The second kappa shape index (κ2) is 9.96. The van der Waals surface area contributed by atoms with E-state index in [4.69, 9.17) is 26.7 Å². The summed E-state index contributed by atoms with van der Waals surface area (Å²) < 4.78 is 11.5. The number of hydrogen-bond acceptors (Lipinski definition) is 5. The van der Waals surface area contributed by atoms with Crippen LogP contribution in [0.25, 0.3) is 0 Å². The van der Waals surface area contributed by atoms with Crippen LogP contribution in [0.1, 0.15) is 5.56 Å². The Morgan fingerprint density at radius 2 is 1.68 bits per heavy atom. The highest BCUT2D eigenvalue weighted by Gasteiger charge is 2.12. The van der Waals surface area contributed by atoms with Gasteiger partial charge in [-0.05, 0) is 42.4 Å². The molecule has 28 heavy (non-hydrogen) atoms. The van der Waals surface area contributed by atoms with Crippen LogP contribution >= 0.6 is 0 Å². The van der Waals surface area contributed by atoms with E-state index in [9.17, 15) is 0 Å². The molecule has 2 rings (SSSR count). The molecule has 0 radical (unpaired) electrons. The van der Waals surface area contributed by atoms with Gasteiger partial charge in [0.05, 0.1) is 18.0 Å². The van der Waals surface area contributed by atoms with Gasteiger partial charge in [-0.1, -0.05) is 19.6 Å². The van der Waals surface area contributed by atoms with E-state index in [-0.39, 0.29) is 0 Å². The molecule has 150 valence electrons. The number of nitrogens with one attached hydrogen (secondary N) is 1. The maximum Gasteiger partial charge on any atom is 0.246 e. The van der Waals surface area contributed by atoms with Gasteiger partial charge in [0, 0.05) is 32.0 Å². The minimum atomic E-state index is -1.08. The molecule has 0 aliphatic rings. The summed E-state index contributed by atoms with van der Waals surface area (Å²) in [5.74, 6) is 1.34. The lowest BCUT2D eigenvalue weighted by Crippen LogP contribution is -2.73. The maximum atomic E-state index is 5.83. The normalized spacial score (nSPS) is 12.5. The zero-order valence-corrected chi connectivity index (χ0v) is 17.9. The average Bonchev–Trinajstić information content (AvgIpc) is 2.63. The summed E-state index contributed by atoms with van der Waals surface area (Å²) in [6, 6.07) is 14.0. The van der Waals surface area contributed by atoms with Gasteiger partial charge < -0.3 is 26.7 Å². The van der Waals surface area contributed by atoms with E-state index in [0.717, 1.165) is 23.9 Å². The summed E-state index contributed by atoms with van der Waals surface area (Å²) in [6.45, 7) is 8.20. The van der Waals surface area contributed by atoms with Gasteiger partial charge >= 0.3 is 0 Å². The van der Waals surface area contributed by atoms with Gasteiger partial charge in [0.15, 0.2) is 0 Å². The average molecular weight is 400 g/mol. The van der Waals surface area contributed by atoms with Crippen molar-refractivity contribution in [2.75, 3.05) is 24.8 Å². The Kier molecular flexibility index (Phi) is 7.66. The number of allylic oxidation sites excluding steroid dienone is 1. The molecule has 0 atom stereocenters. The molecular weight excluding hydrogens is 368 g/mol. The Morgan fingerprint density at radius 3 is 2.29 bits per heavy atom. The van der Waals surface area contributed by atoms with Crippen molar-refractivity contribution in [1.29, 1.82) is 0 Å². The molecule has 0 heterocycles. The highest BCUT2D eigenvalue weighted by atomic mass is 28.3. The Balaban J connectivity index is 2.01. The number of benzene rings is 2. The van der Waals surface area contributed by atoms with Crippen molar-refractivity contribution in [2.24, 2.45) is 5.73 Å². The van der Waals surface area contributed by atoms with Crippen LogP contribution in [0.15, 0.2) is 54.7 Å². The Morgan fingerprint density at radius 1 is 1.00 bits per heavy atom. The molecular formula is C21H31N4O2Si+. The molecule has 0 fully saturated rings. The van der Waals surface area contributed by atoms with Crippen LogP contribution in [-0.2, 0) is 4.74 Å². The molecule has 2 aromatic carbocycles. The zero-order valence-electron chi connectivity index (χ0n) is 16.9. The fourth-order valence-electron chi connectivity index (χ4n) is 2.39. The summed E-state index contributed by atoms with van der Waals surface area (Å²) in [5.41, 5.74) is 20.0. The highest BCUT2D eigenvalue weighted by molar-refractivity contribution is 6.76. The Labute approximate surface area is 168 Å². The van der Waals surface area contributed by atoms with Crippen LogP contribution in [0, 0.1) is 0 Å². The molecule has 0 amide bonds. The molecule has 0 aromatic heterocycles. The van der Waals surface area contributed by atoms with Crippen molar-refractivity contribution in [3.8, 4) is 11.5 Å². The molecule has 7 N–H and O–H groups in total. The van der Waals surface area contributed by atoms with Gasteiger partial charge in [0.25, 0.3) is 0 Å². The van der Waals surface area contributed by atoms with E-state index in [1.54, 1.807) is 18.2 Å². The van der Waals surface area contributed by atoms with Gasteiger partial charge in [0.1, 0.15) is 11.5 Å². The molecule has 0 spiro atoms. The summed E-state index contributed by atoms with van der Waals surface area (Å²) in [7, 11) is -1.08. The molecule has 0 aliphatic carbocycles. The maximum absolute atomic E-state index is 5.83. The van der Waals surface area contributed by atoms with Gasteiger partial charge in [-0.15, -0.1) is 0 Å². The van der Waals surface area contributed by atoms with Crippen molar-refractivity contribution in [2.45, 2.75) is 25.7 Å². The first kappa shape index (κ1) is 21.5. The topological polar surface area (TPSA) is 110 Å². The van der Waals surface area contributed by atoms with Crippen LogP contribution in [0.3, 0.4) is 0 Å². The van der Waals surface area contributed by atoms with Gasteiger partial charge in [-0.2, -0.15) is 0 Å². The second-order valence-corrected chi connectivity index (χ2v) is 13.4. The van der Waals surface area contributed by atoms with Crippen molar-refractivity contribution >= 4 is 25.2 Å². The summed E-state index contributed by atoms with van der Waals surface area (Å²) >= 11 is 0. The first-order valence-corrected chi connectivity index (χ1v) is 13.0. The first-order valence-electron chi connectivity index (χ1n) is 9.28. The summed E-state index contributed by atoms with van der Waals surface area (Å²) in [6.07, 6.45) is 3.32. The lowest BCUT2D eigenvalue weighted by atomic mass is 10.1. The third-order valence-corrected chi connectivity index (χ3v) is 5.79. The van der Waals surface area contributed by atoms with Crippen molar-refractivity contribution in [3.63, 3.8) is 0 Å².